The number of aromatic nitrogens is 2. The third-order valence-electron chi connectivity index (χ3n) is 2.48. The molecule has 3 nitrogen and oxygen atoms in total. The van der Waals surface area contributed by atoms with E-state index in [-0.39, 0.29) is 12.0 Å². The lowest BCUT2D eigenvalue weighted by atomic mass is 10.0. The first kappa shape index (κ1) is 11.6. The van der Waals surface area contributed by atoms with Gasteiger partial charge in [0.15, 0.2) is 0 Å². The number of hydrogen-bond acceptors (Lipinski definition) is 3. The Balaban J connectivity index is 2.18. The first-order chi connectivity index (χ1) is 8.16. The highest BCUT2D eigenvalue weighted by atomic mass is 19.1. The van der Waals surface area contributed by atoms with Crippen molar-refractivity contribution in [2.45, 2.75) is 12.5 Å². The Morgan fingerprint density at radius 1 is 1.18 bits per heavy atom. The fraction of sp³-hybridized carbons (Fsp3) is 0.167. The molecule has 0 aliphatic rings. The van der Waals surface area contributed by atoms with Crippen molar-refractivity contribution in [1.29, 1.82) is 0 Å². The lowest BCUT2D eigenvalue weighted by Crippen LogP contribution is -2.14. The summed E-state index contributed by atoms with van der Waals surface area (Å²) in [5.74, 6) is -0.926. The van der Waals surface area contributed by atoms with Crippen molar-refractivity contribution in [2.24, 2.45) is 5.73 Å². The van der Waals surface area contributed by atoms with Gasteiger partial charge in [0.25, 0.3) is 0 Å². The lowest BCUT2D eigenvalue weighted by Gasteiger charge is -2.11. The van der Waals surface area contributed by atoms with Crippen molar-refractivity contribution in [1.82, 2.24) is 10.2 Å². The van der Waals surface area contributed by atoms with E-state index in [9.17, 15) is 8.78 Å². The predicted molar refractivity (Wildman–Crippen MR) is 59.0 cm³/mol. The Kier molecular flexibility index (Phi) is 3.39. The summed E-state index contributed by atoms with van der Waals surface area (Å²) in [6.45, 7) is 0. The summed E-state index contributed by atoms with van der Waals surface area (Å²) in [5, 5.41) is 7.32. The molecular weight excluding hydrogens is 224 g/mol. The molecule has 0 radical (unpaired) electrons. The second-order valence-electron chi connectivity index (χ2n) is 3.72. The molecule has 0 aliphatic heterocycles. The van der Waals surface area contributed by atoms with Gasteiger partial charge in [0.2, 0.25) is 0 Å². The fourth-order valence-corrected chi connectivity index (χ4v) is 1.57. The van der Waals surface area contributed by atoms with Gasteiger partial charge in [-0.25, -0.2) is 8.78 Å². The Labute approximate surface area is 97.3 Å². The maximum Gasteiger partial charge on any atom is 0.126 e. The first-order valence-electron chi connectivity index (χ1n) is 5.13. The predicted octanol–water partition coefficient (Wildman–Crippen LogP) is 2.00. The molecule has 0 amide bonds. The van der Waals surface area contributed by atoms with E-state index in [1.54, 1.807) is 6.07 Å². The molecule has 0 bridgehead atoms. The molecule has 2 rings (SSSR count). The molecule has 0 fully saturated rings. The molecule has 1 unspecified atom stereocenters. The third kappa shape index (κ3) is 2.82. The number of nitrogens with zero attached hydrogens (tertiary/aromatic N) is 2. The smallest absolute Gasteiger partial charge is 0.126 e. The molecule has 1 aromatic heterocycles. The molecule has 0 spiro atoms. The van der Waals surface area contributed by atoms with Crippen LogP contribution in [0.1, 0.15) is 17.2 Å². The van der Waals surface area contributed by atoms with E-state index in [0.29, 0.717) is 0 Å². The van der Waals surface area contributed by atoms with Crippen molar-refractivity contribution in [3.8, 4) is 0 Å². The van der Waals surface area contributed by atoms with E-state index in [1.807, 2.05) is 0 Å². The largest absolute Gasteiger partial charge is 0.324 e. The normalized spacial score (nSPS) is 12.4. The van der Waals surface area contributed by atoms with Gasteiger partial charge in [-0.2, -0.15) is 10.2 Å². The highest BCUT2D eigenvalue weighted by molar-refractivity contribution is 5.22. The highest BCUT2D eigenvalue weighted by Gasteiger charge is 2.11. The number of rotatable bonds is 3. The second kappa shape index (κ2) is 4.97. The minimum atomic E-state index is -0.471. The molecule has 5 heteroatoms. The van der Waals surface area contributed by atoms with Crippen LogP contribution in [0.4, 0.5) is 8.78 Å². The molecule has 1 atom stereocenters. The van der Waals surface area contributed by atoms with Gasteiger partial charge in [0, 0.05) is 12.2 Å². The summed E-state index contributed by atoms with van der Waals surface area (Å²) < 4.78 is 26.4. The van der Waals surface area contributed by atoms with Crippen LogP contribution in [0.3, 0.4) is 0 Å². The molecule has 17 heavy (non-hydrogen) atoms. The molecular formula is C12H11F2N3. The topological polar surface area (TPSA) is 51.8 Å². The van der Waals surface area contributed by atoms with Crippen LogP contribution in [0.2, 0.25) is 0 Å². The Morgan fingerprint density at radius 2 is 2.00 bits per heavy atom. The minimum Gasteiger partial charge on any atom is -0.324 e. The van der Waals surface area contributed by atoms with E-state index in [4.69, 9.17) is 5.73 Å². The van der Waals surface area contributed by atoms with Crippen molar-refractivity contribution in [3.05, 3.63) is 59.4 Å². The van der Waals surface area contributed by atoms with Crippen LogP contribution in [0.25, 0.3) is 0 Å². The van der Waals surface area contributed by atoms with Gasteiger partial charge in [-0.1, -0.05) is 0 Å². The molecule has 2 aromatic rings. The summed E-state index contributed by atoms with van der Waals surface area (Å²) in [5.41, 5.74) is 6.89. The summed E-state index contributed by atoms with van der Waals surface area (Å²) in [7, 11) is 0. The molecule has 2 N–H and O–H groups in total. The van der Waals surface area contributed by atoms with Crippen molar-refractivity contribution in [3.63, 3.8) is 0 Å². The van der Waals surface area contributed by atoms with Gasteiger partial charge >= 0.3 is 0 Å². The van der Waals surface area contributed by atoms with Crippen molar-refractivity contribution < 1.29 is 8.78 Å². The summed E-state index contributed by atoms with van der Waals surface area (Å²) in [6.07, 6.45) is 3.24. The molecule has 88 valence electrons. The van der Waals surface area contributed by atoms with Crippen molar-refractivity contribution >= 4 is 0 Å². The minimum absolute atomic E-state index is 0.218. The van der Waals surface area contributed by atoms with Crippen LogP contribution in [-0.2, 0) is 6.42 Å². The highest BCUT2D eigenvalue weighted by Crippen LogP contribution is 2.18. The maximum atomic E-state index is 13.4. The molecule has 0 saturated heterocycles. The van der Waals surface area contributed by atoms with E-state index in [2.05, 4.69) is 10.2 Å². The Morgan fingerprint density at radius 3 is 2.71 bits per heavy atom. The Hall–Kier alpha value is -1.88. The summed E-state index contributed by atoms with van der Waals surface area (Å²) in [4.78, 5) is 0. The number of halogens is 2. The third-order valence-corrected chi connectivity index (χ3v) is 2.48. The monoisotopic (exact) mass is 235 g/mol. The maximum absolute atomic E-state index is 13.4. The van der Waals surface area contributed by atoms with Crippen molar-refractivity contribution in [2.75, 3.05) is 0 Å². The lowest BCUT2D eigenvalue weighted by molar-refractivity contribution is 0.572. The van der Waals surface area contributed by atoms with Crippen LogP contribution < -0.4 is 5.73 Å². The Bertz CT molecular complexity index is 502. The van der Waals surface area contributed by atoms with Crippen LogP contribution in [0.5, 0.6) is 0 Å². The molecule has 0 saturated carbocycles. The van der Waals surface area contributed by atoms with Crippen LogP contribution in [-0.4, -0.2) is 10.2 Å². The molecule has 0 aliphatic carbocycles. The van der Waals surface area contributed by atoms with Gasteiger partial charge in [0.1, 0.15) is 11.6 Å². The van der Waals surface area contributed by atoms with Gasteiger partial charge < -0.3 is 5.73 Å². The zero-order valence-electron chi connectivity index (χ0n) is 8.98. The summed E-state index contributed by atoms with van der Waals surface area (Å²) in [6, 6.07) is 4.61. The molecule has 1 heterocycles. The van der Waals surface area contributed by atoms with Gasteiger partial charge in [0.05, 0.1) is 6.20 Å². The average Bonchev–Trinajstić information content (AvgIpc) is 2.35. The zero-order chi connectivity index (χ0) is 12.3. The fourth-order valence-electron chi connectivity index (χ4n) is 1.57. The van der Waals surface area contributed by atoms with Gasteiger partial charge in [-0.3, -0.25) is 0 Å². The standard InChI is InChI=1S/C12H11F2N3/c13-10-1-2-11(14)9(5-10)6-12(15)8-3-4-16-17-7-8/h1-5,7,12H,6,15H2. The van der Waals surface area contributed by atoms with E-state index >= 15 is 0 Å². The number of hydrogen-bond donors (Lipinski definition) is 1. The molecule has 1 aromatic carbocycles. The second-order valence-corrected chi connectivity index (χ2v) is 3.72. The van der Waals surface area contributed by atoms with Crippen LogP contribution in [0.15, 0.2) is 36.7 Å². The van der Waals surface area contributed by atoms with E-state index in [0.717, 1.165) is 23.8 Å². The SMILES string of the molecule is NC(Cc1cc(F)ccc1F)c1ccnnc1. The van der Waals surface area contributed by atoms with E-state index in [1.165, 1.54) is 12.4 Å². The average molecular weight is 235 g/mol. The first-order valence-corrected chi connectivity index (χ1v) is 5.13. The quantitative estimate of drug-likeness (QED) is 0.885. The van der Waals surface area contributed by atoms with Gasteiger partial charge in [-0.15, -0.1) is 0 Å². The zero-order valence-corrected chi connectivity index (χ0v) is 8.98. The number of nitrogens with two attached hydrogens (primary N) is 1. The van der Waals surface area contributed by atoms with Crippen LogP contribution >= 0.6 is 0 Å². The van der Waals surface area contributed by atoms with Gasteiger partial charge in [-0.05, 0) is 41.8 Å². The van der Waals surface area contributed by atoms with Crippen LogP contribution in [0, 0.1) is 11.6 Å². The number of benzene rings is 1. The van der Waals surface area contributed by atoms with E-state index < -0.39 is 17.7 Å². The summed E-state index contributed by atoms with van der Waals surface area (Å²) >= 11 is 0.